The van der Waals surface area contributed by atoms with E-state index in [1.807, 2.05) is 6.92 Å². The number of hydrogen-bond acceptors (Lipinski definition) is 5. The molecule has 156 valence electrons. The van der Waals surface area contributed by atoms with Crippen molar-refractivity contribution in [3.63, 3.8) is 0 Å². The van der Waals surface area contributed by atoms with E-state index < -0.39 is 10.0 Å². The lowest BCUT2D eigenvalue weighted by Crippen LogP contribution is -2.54. The number of morpholine rings is 1. The Morgan fingerprint density at radius 1 is 1.18 bits per heavy atom. The summed E-state index contributed by atoms with van der Waals surface area (Å²) in [7, 11) is -1.77. The molecule has 0 spiro atoms. The van der Waals surface area contributed by atoms with Crippen molar-refractivity contribution in [3.8, 4) is 0 Å². The molecule has 2 aliphatic rings. The van der Waals surface area contributed by atoms with Crippen molar-refractivity contribution < 1.29 is 17.9 Å². The van der Waals surface area contributed by atoms with E-state index >= 15 is 0 Å². The molecular weight excluding hydrogens is 380 g/mol. The molecule has 0 bridgehead atoms. The molecule has 1 aromatic rings. The van der Waals surface area contributed by atoms with Gasteiger partial charge in [0.05, 0.1) is 17.6 Å². The number of aliphatic imine (C=N–C) groups is 1. The van der Waals surface area contributed by atoms with Crippen LogP contribution in [0.1, 0.15) is 18.4 Å². The van der Waals surface area contributed by atoms with Crippen LogP contribution in [0, 0.1) is 6.92 Å². The van der Waals surface area contributed by atoms with E-state index in [4.69, 9.17) is 9.47 Å². The van der Waals surface area contributed by atoms with Crippen LogP contribution in [0.5, 0.6) is 0 Å². The van der Waals surface area contributed by atoms with Crippen LogP contribution in [0.3, 0.4) is 0 Å². The lowest BCUT2D eigenvalue weighted by molar-refractivity contribution is -0.0816. The van der Waals surface area contributed by atoms with Gasteiger partial charge in [-0.25, -0.2) is 13.1 Å². The minimum Gasteiger partial charge on any atom is -0.375 e. The fraction of sp³-hybridized carbons (Fsp3) is 0.632. The first kappa shape index (κ1) is 21.0. The van der Waals surface area contributed by atoms with Crippen LogP contribution in [0.25, 0.3) is 0 Å². The quantitative estimate of drug-likeness (QED) is 0.408. The molecule has 0 radical (unpaired) electrons. The van der Waals surface area contributed by atoms with E-state index in [0.717, 1.165) is 44.1 Å². The molecule has 8 nitrogen and oxygen atoms in total. The van der Waals surface area contributed by atoms with Gasteiger partial charge in [0, 0.05) is 39.8 Å². The highest BCUT2D eigenvalue weighted by molar-refractivity contribution is 7.89. The van der Waals surface area contributed by atoms with Crippen LogP contribution in [-0.2, 0) is 19.5 Å². The van der Waals surface area contributed by atoms with Crippen molar-refractivity contribution in [2.24, 2.45) is 4.99 Å². The highest BCUT2D eigenvalue weighted by Crippen LogP contribution is 2.21. The van der Waals surface area contributed by atoms with Crippen molar-refractivity contribution in [2.45, 2.75) is 36.9 Å². The van der Waals surface area contributed by atoms with Gasteiger partial charge in [0.15, 0.2) is 5.96 Å². The lowest BCUT2D eigenvalue weighted by atomic mass is 10.1. The van der Waals surface area contributed by atoms with Crippen LogP contribution in [-0.4, -0.2) is 77.9 Å². The topological polar surface area (TPSA) is 92.3 Å². The first-order chi connectivity index (χ1) is 13.5. The number of aryl methyl sites for hydroxylation is 1. The van der Waals surface area contributed by atoms with Gasteiger partial charge in [-0.05, 0) is 31.9 Å². The minimum atomic E-state index is -3.51. The van der Waals surface area contributed by atoms with Gasteiger partial charge in [0.1, 0.15) is 6.10 Å². The summed E-state index contributed by atoms with van der Waals surface area (Å²) in [6.45, 7) is 5.55. The summed E-state index contributed by atoms with van der Waals surface area (Å²) >= 11 is 0. The van der Waals surface area contributed by atoms with E-state index in [1.54, 1.807) is 31.3 Å². The second-order valence-corrected chi connectivity index (χ2v) is 8.86. The van der Waals surface area contributed by atoms with E-state index in [2.05, 4.69) is 19.9 Å². The molecule has 0 aromatic heterocycles. The highest BCUT2D eigenvalue weighted by atomic mass is 32.2. The molecule has 0 aliphatic carbocycles. The van der Waals surface area contributed by atoms with E-state index in [9.17, 15) is 8.42 Å². The fourth-order valence-electron chi connectivity index (χ4n) is 3.48. The Hall–Kier alpha value is -1.68. The van der Waals surface area contributed by atoms with Crippen molar-refractivity contribution in [2.75, 3.05) is 46.4 Å². The predicted molar refractivity (Wildman–Crippen MR) is 108 cm³/mol. The number of sulfonamides is 1. The SMILES string of the molecule is CN=C(NCCNS(=O)(=O)c1ccc(C)cc1)N1CCOC(C2CCCO2)C1. The first-order valence-electron chi connectivity index (χ1n) is 9.75. The molecule has 2 aliphatic heterocycles. The highest BCUT2D eigenvalue weighted by Gasteiger charge is 2.32. The van der Waals surface area contributed by atoms with Gasteiger partial charge in [0.25, 0.3) is 0 Å². The zero-order valence-electron chi connectivity index (χ0n) is 16.6. The van der Waals surface area contributed by atoms with Crippen LogP contribution in [0.2, 0.25) is 0 Å². The zero-order valence-corrected chi connectivity index (χ0v) is 17.4. The maximum atomic E-state index is 12.3. The van der Waals surface area contributed by atoms with Gasteiger partial charge >= 0.3 is 0 Å². The third kappa shape index (κ3) is 5.44. The second kappa shape index (κ2) is 9.69. The van der Waals surface area contributed by atoms with Crippen molar-refractivity contribution in [3.05, 3.63) is 29.8 Å². The van der Waals surface area contributed by atoms with Gasteiger partial charge in [-0.15, -0.1) is 0 Å². The first-order valence-corrected chi connectivity index (χ1v) is 11.2. The molecule has 0 amide bonds. The Kier molecular flexibility index (Phi) is 7.28. The monoisotopic (exact) mass is 410 g/mol. The maximum absolute atomic E-state index is 12.3. The normalized spacial score (nSPS) is 23.8. The number of nitrogens with one attached hydrogen (secondary N) is 2. The Labute approximate surface area is 167 Å². The van der Waals surface area contributed by atoms with Crippen LogP contribution < -0.4 is 10.0 Å². The van der Waals surface area contributed by atoms with Crippen LogP contribution in [0.4, 0.5) is 0 Å². The summed E-state index contributed by atoms with van der Waals surface area (Å²) < 4.78 is 38.9. The molecule has 0 saturated carbocycles. The number of hydrogen-bond donors (Lipinski definition) is 2. The number of guanidine groups is 1. The summed E-state index contributed by atoms with van der Waals surface area (Å²) in [6.07, 6.45) is 2.32. The van der Waals surface area contributed by atoms with Gasteiger partial charge in [0.2, 0.25) is 10.0 Å². The van der Waals surface area contributed by atoms with Crippen LogP contribution >= 0.6 is 0 Å². The molecule has 28 heavy (non-hydrogen) atoms. The molecule has 2 saturated heterocycles. The van der Waals surface area contributed by atoms with Crippen LogP contribution in [0.15, 0.2) is 34.2 Å². The minimum absolute atomic E-state index is 0.0508. The standard InChI is InChI=1S/C19H30N4O4S/c1-15-5-7-16(8-6-15)28(24,25)22-10-9-21-19(20-2)23-11-13-27-18(14-23)17-4-3-12-26-17/h5-8,17-18,22H,3-4,9-14H2,1-2H3,(H,20,21). The summed E-state index contributed by atoms with van der Waals surface area (Å²) in [5.74, 6) is 0.751. The van der Waals surface area contributed by atoms with E-state index in [-0.39, 0.29) is 23.6 Å². The Bertz CT molecular complexity index is 761. The van der Waals surface area contributed by atoms with Crippen molar-refractivity contribution in [1.82, 2.24) is 14.9 Å². The Balaban J connectivity index is 1.47. The number of benzene rings is 1. The van der Waals surface area contributed by atoms with Gasteiger partial charge < -0.3 is 19.7 Å². The zero-order chi connectivity index (χ0) is 20.0. The largest absolute Gasteiger partial charge is 0.375 e. The summed E-state index contributed by atoms with van der Waals surface area (Å²) in [5.41, 5.74) is 1.02. The molecule has 2 unspecified atom stereocenters. The number of rotatable bonds is 6. The number of nitrogens with zero attached hydrogens (tertiary/aromatic N) is 2. The molecule has 1 aromatic carbocycles. The van der Waals surface area contributed by atoms with Gasteiger partial charge in [-0.3, -0.25) is 4.99 Å². The van der Waals surface area contributed by atoms with Crippen molar-refractivity contribution >= 4 is 16.0 Å². The maximum Gasteiger partial charge on any atom is 0.240 e. The molecule has 9 heteroatoms. The third-order valence-corrected chi connectivity index (χ3v) is 6.49. The summed E-state index contributed by atoms with van der Waals surface area (Å²) in [5, 5.41) is 3.24. The lowest BCUT2D eigenvalue weighted by Gasteiger charge is -2.37. The molecular formula is C19H30N4O4S. The molecule has 2 fully saturated rings. The van der Waals surface area contributed by atoms with Gasteiger partial charge in [-0.2, -0.15) is 0 Å². The molecule has 2 heterocycles. The van der Waals surface area contributed by atoms with Crippen molar-refractivity contribution in [1.29, 1.82) is 0 Å². The average molecular weight is 411 g/mol. The smallest absolute Gasteiger partial charge is 0.240 e. The van der Waals surface area contributed by atoms with E-state index in [0.29, 0.717) is 13.2 Å². The predicted octanol–water partition coefficient (Wildman–Crippen LogP) is 0.729. The van der Waals surface area contributed by atoms with Gasteiger partial charge in [-0.1, -0.05) is 17.7 Å². The fourth-order valence-corrected chi connectivity index (χ4v) is 4.51. The Morgan fingerprint density at radius 2 is 1.93 bits per heavy atom. The summed E-state index contributed by atoms with van der Waals surface area (Å²) in [6, 6.07) is 6.81. The third-order valence-electron chi connectivity index (χ3n) is 5.02. The summed E-state index contributed by atoms with van der Waals surface area (Å²) in [4.78, 5) is 6.75. The molecule has 3 rings (SSSR count). The van der Waals surface area contributed by atoms with E-state index in [1.165, 1.54) is 0 Å². The number of ether oxygens (including phenoxy) is 2. The Morgan fingerprint density at radius 3 is 2.61 bits per heavy atom. The molecule has 2 atom stereocenters. The average Bonchev–Trinajstić information content (AvgIpc) is 3.23. The molecule has 2 N–H and O–H groups in total. The second-order valence-electron chi connectivity index (χ2n) is 7.09.